The van der Waals surface area contributed by atoms with Gasteiger partial charge in [0, 0.05) is 33.2 Å². The molecule has 4 aromatic rings. The third-order valence-electron chi connectivity index (χ3n) is 3.69. The molecule has 0 aliphatic rings. The number of fused-ring (bicyclic) bond motifs is 1. The standard InChI is InChI=1S/C19H12ClN3OS/c20-14-5-3-12(4-6-14)19-23-17(11-25-19)18(24)22-15-7-8-16-13(10-15)2-1-9-21-16/h1-11H,(H,22,24). The van der Waals surface area contributed by atoms with Crippen LogP contribution in [-0.4, -0.2) is 15.9 Å². The fraction of sp³-hybridized carbons (Fsp3) is 0. The average Bonchev–Trinajstić information content (AvgIpc) is 3.12. The minimum atomic E-state index is -0.236. The van der Waals surface area contributed by atoms with E-state index in [1.165, 1.54) is 11.3 Å². The zero-order valence-corrected chi connectivity index (χ0v) is 14.5. The molecule has 0 saturated carbocycles. The van der Waals surface area contributed by atoms with Crippen LogP contribution in [0.2, 0.25) is 5.02 Å². The second-order valence-electron chi connectivity index (χ2n) is 5.41. The first kappa shape index (κ1) is 15.7. The minimum Gasteiger partial charge on any atom is -0.321 e. The van der Waals surface area contributed by atoms with E-state index >= 15 is 0 Å². The number of benzene rings is 2. The van der Waals surface area contributed by atoms with E-state index in [9.17, 15) is 4.79 Å². The smallest absolute Gasteiger partial charge is 0.275 e. The lowest BCUT2D eigenvalue weighted by Gasteiger charge is -2.04. The van der Waals surface area contributed by atoms with Gasteiger partial charge in [-0.2, -0.15) is 0 Å². The van der Waals surface area contributed by atoms with Gasteiger partial charge in [-0.05, 0) is 36.4 Å². The monoisotopic (exact) mass is 365 g/mol. The van der Waals surface area contributed by atoms with Crippen molar-refractivity contribution in [3.63, 3.8) is 0 Å². The largest absolute Gasteiger partial charge is 0.321 e. The molecule has 0 saturated heterocycles. The van der Waals surface area contributed by atoms with E-state index in [2.05, 4.69) is 15.3 Å². The Morgan fingerprint density at radius 1 is 1.08 bits per heavy atom. The van der Waals surface area contributed by atoms with E-state index in [1.807, 2.05) is 42.5 Å². The Kier molecular flexibility index (Phi) is 4.17. The lowest BCUT2D eigenvalue weighted by molar-refractivity contribution is 0.102. The summed E-state index contributed by atoms with van der Waals surface area (Å²) in [5.74, 6) is -0.236. The topological polar surface area (TPSA) is 54.9 Å². The Morgan fingerprint density at radius 2 is 1.92 bits per heavy atom. The van der Waals surface area contributed by atoms with Gasteiger partial charge in [0.25, 0.3) is 5.91 Å². The molecule has 4 nitrogen and oxygen atoms in total. The molecule has 25 heavy (non-hydrogen) atoms. The van der Waals surface area contributed by atoms with Crippen LogP contribution in [0.25, 0.3) is 21.5 Å². The van der Waals surface area contributed by atoms with Gasteiger partial charge in [0.05, 0.1) is 5.52 Å². The van der Waals surface area contributed by atoms with Crippen LogP contribution >= 0.6 is 22.9 Å². The number of rotatable bonds is 3. The number of nitrogens with one attached hydrogen (secondary N) is 1. The Labute approximate surface area is 153 Å². The van der Waals surface area contributed by atoms with Gasteiger partial charge in [-0.15, -0.1) is 11.3 Å². The molecule has 122 valence electrons. The number of aromatic nitrogens is 2. The number of carbonyl (C=O) groups is 1. The molecule has 2 heterocycles. The number of anilines is 1. The van der Waals surface area contributed by atoms with Crippen molar-refractivity contribution in [3.05, 3.63) is 76.9 Å². The van der Waals surface area contributed by atoms with E-state index in [1.54, 1.807) is 23.7 Å². The van der Waals surface area contributed by atoms with Gasteiger partial charge < -0.3 is 5.32 Å². The molecule has 4 rings (SSSR count). The zero-order chi connectivity index (χ0) is 17.2. The summed E-state index contributed by atoms with van der Waals surface area (Å²) in [6.45, 7) is 0. The lowest BCUT2D eigenvalue weighted by atomic mass is 10.2. The maximum absolute atomic E-state index is 12.4. The molecule has 1 amide bonds. The highest BCUT2D eigenvalue weighted by molar-refractivity contribution is 7.13. The zero-order valence-electron chi connectivity index (χ0n) is 12.9. The van der Waals surface area contributed by atoms with E-state index in [-0.39, 0.29) is 5.91 Å². The Bertz CT molecular complexity index is 1060. The average molecular weight is 366 g/mol. The van der Waals surface area contributed by atoms with Crippen LogP contribution in [0.5, 0.6) is 0 Å². The summed E-state index contributed by atoms with van der Waals surface area (Å²) in [5, 5.41) is 7.06. The fourth-order valence-electron chi connectivity index (χ4n) is 2.45. The Balaban J connectivity index is 1.55. The van der Waals surface area contributed by atoms with Crippen LogP contribution in [0.15, 0.2) is 66.2 Å². The molecule has 0 unspecified atom stereocenters. The summed E-state index contributed by atoms with van der Waals surface area (Å²) < 4.78 is 0. The van der Waals surface area contributed by atoms with Crippen molar-refractivity contribution in [3.8, 4) is 10.6 Å². The first-order valence-corrected chi connectivity index (χ1v) is 8.82. The number of thiazole rings is 1. The third kappa shape index (κ3) is 3.38. The van der Waals surface area contributed by atoms with Gasteiger partial charge in [0.1, 0.15) is 10.7 Å². The van der Waals surface area contributed by atoms with Crippen LogP contribution in [-0.2, 0) is 0 Å². The number of halogens is 1. The molecule has 2 aromatic carbocycles. The molecule has 0 radical (unpaired) electrons. The van der Waals surface area contributed by atoms with Crippen molar-refractivity contribution in [2.75, 3.05) is 5.32 Å². The molecule has 2 aromatic heterocycles. The molecule has 0 aliphatic heterocycles. The molecule has 0 fully saturated rings. The highest BCUT2D eigenvalue weighted by atomic mass is 35.5. The summed E-state index contributed by atoms with van der Waals surface area (Å²) in [6.07, 6.45) is 1.74. The molecule has 0 spiro atoms. The minimum absolute atomic E-state index is 0.236. The lowest BCUT2D eigenvalue weighted by Crippen LogP contribution is -2.12. The molecular formula is C19H12ClN3OS. The molecule has 6 heteroatoms. The summed E-state index contributed by atoms with van der Waals surface area (Å²) in [4.78, 5) is 21.1. The summed E-state index contributed by atoms with van der Waals surface area (Å²) in [7, 11) is 0. The van der Waals surface area contributed by atoms with Gasteiger partial charge in [-0.1, -0.05) is 29.8 Å². The van der Waals surface area contributed by atoms with Crippen LogP contribution < -0.4 is 5.32 Å². The molecule has 0 bridgehead atoms. The maximum atomic E-state index is 12.4. The number of hydrogen-bond donors (Lipinski definition) is 1. The predicted molar refractivity (Wildman–Crippen MR) is 102 cm³/mol. The van der Waals surface area contributed by atoms with E-state index < -0.39 is 0 Å². The van der Waals surface area contributed by atoms with Gasteiger partial charge >= 0.3 is 0 Å². The van der Waals surface area contributed by atoms with Crippen LogP contribution in [0.1, 0.15) is 10.5 Å². The number of pyridine rings is 1. The maximum Gasteiger partial charge on any atom is 0.275 e. The Morgan fingerprint density at radius 3 is 2.76 bits per heavy atom. The molecule has 0 atom stereocenters. The third-order valence-corrected chi connectivity index (χ3v) is 4.83. The SMILES string of the molecule is O=C(Nc1ccc2ncccc2c1)c1csc(-c2ccc(Cl)cc2)n1. The quantitative estimate of drug-likeness (QED) is 0.538. The normalized spacial score (nSPS) is 10.8. The highest BCUT2D eigenvalue weighted by Crippen LogP contribution is 2.25. The predicted octanol–water partition coefficient (Wildman–Crippen LogP) is 5.26. The molecule has 1 N–H and O–H groups in total. The summed E-state index contributed by atoms with van der Waals surface area (Å²) >= 11 is 7.33. The van der Waals surface area contributed by atoms with Crippen LogP contribution in [0.4, 0.5) is 5.69 Å². The number of amides is 1. The van der Waals surface area contributed by atoms with Gasteiger partial charge in [0.2, 0.25) is 0 Å². The van der Waals surface area contributed by atoms with Crippen LogP contribution in [0.3, 0.4) is 0 Å². The first-order valence-electron chi connectivity index (χ1n) is 7.57. The number of hydrogen-bond acceptors (Lipinski definition) is 4. The van der Waals surface area contributed by atoms with Crippen molar-refractivity contribution in [2.45, 2.75) is 0 Å². The van der Waals surface area contributed by atoms with Gasteiger partial charge in [-0.25, -0.2) is 4.98 Å². The number of nitrogens with zero attached hydrogens (tertiary/aromatic N) is 2. The van der Waals surface area contributed by atoms with Crippen molar-refractivity contribution in [2.24, 2.45) is 0 Å². The van der Waals surface area contributed by atoms with Crippen molar-refractivity contribution >= 4 is 45.4 Å². The van der Waals surface area contributed by atoms with Crippen molar-refractivity contribution < 1.29 is 4.79 Å². The van der Waals surface area contributed by atoms with E-state index in [0.29, 0.717) is 16.4 Å². The first-order chi connectivity index (χ1) is 12.2. The molecular weight excluding hydrogens is 354 g/mol. The van der Waals surface area contributed by atoms with E-state index in [0.717, 1.165) is 21.5 Å². The summed E-state index contributed by atoms with van der Waals surface area (Å²) in [5.41, 5.74) is 2.93. The van der Waals surface area contributed by atoms with Crippen molar-refractivity contribution in [1.29, 1.82) is 0 Å². The van der Waals surface area contributed by atoms with Crippen LogP contribution in [0, 0.1) is 0 Å². The van der Waals surface area contributed by atoms with E-state index in [4.69, 9.17) is 11.6 Å². The number of carbonyl (C=O) groups excluding carboxylic acids is 1. The Hall–Kier alpha value is -2.76. The molecule has 0 aliphatic carbocycles. The fourth-order valence-corrected chi connectivity index (χ4v) is 3.38. The second kappa shape index (κ2) is 6.63. The second-order valence-corrected chi connectivity index (χ2v) is 6.70. The summed E-state index contributed by atoms with van der Waals surface area (Å²) in [6, 6.07) is 16.8. The van der Waals surface area contributed by atoms with Gasteiger partial charge in [-0.3, -0.25) is 9.78 Å². The highest BCUT2D eigenvalue weighted by Gasteiger charge is 2.12. The van der Waals surface area contributed by atoms with Crippen molar-refractivity contribution in [1.82, 2.24) is 9.97 Å². The van der Waals surface area contributed by atoms with Gasteiger partial charge in [0.15, 0.2) is 0 Å².